The summed E-state index contributed by atoms with van der Waals surface area (Å²) in [6.45, 7) is 7.52. The Bertz CT molecular complexity index is 289. The largest absolute Gasteiger partial charge is 0.478 e. The third-order valence-electron chi connectivity index (χ3n) is 1.60. The number of aromatic nitrogens is 2. The zero-order valence-electron chi connectivity index (χ0n) is 8.91. The molecule has 0 bridgehead atoms. The van der Waals surface area contributed by atoms with Crippen LogP contribution in [0.1, 0.15) is 25.4 Å². The summed E-state index contributed by atoms with van der Waals surface area (Å²) in [5.41, 5.74) is 0.901. The topological polar surface area (TPSA) is 44.2 Å². The number of hydrogen-bond donors (Lipinski definition) is 0. The monoisotopic (exact) mass is 196 g/mol. The fourth-order valence-corrected chi connectivity index (χ4v) is 1.08. The zero-order chi connectivity index (χ0) is 10.4. The zero-order valence-corrected chi connectivity index (χ0v) is 8.91. The molecule has 1 aromatic rings. The predicted molar refractivity (Wildman–Crippen MR) is 53.3 cm³/mol. The SMILES string of the molecule is CCOCc1nc(C)cc(OCC)n1. The van der Waals surface area contributed by atoms with Crippen LogP contribution in [0.4, 0.5) is 0 Å². The smallest absolute Gasteiger partial charge is 0.216 e. The number of nitrogens with zero attached hydrogens (tertiary/aromatic N) is 2. The highest BCUT2D eigenvalue weighted by atomic mass is 16.5. The lowest BCUT2D eigenvalue weighted by Crippen LogP contribution is -2.03. The summed E-state index contributed by atoms with van der Waals surface area (Å²) < 4.78 is 10.5. The van der Waals surface area contributed by atoms with E-state index in [1.54, 1.807) is 0 Å². The maximum absolute atomic E-state index is 5.30. The van der Waals surface area contributed by atoms with Gasteiger partial charge in [-0.2, -0.15) is 4.98 Å². The molecule has 0 aromatic carbocycles. The first-order chi connectivity index (χ1) is 6.76. The van der Waals surface area contributed by atoms with E-state index in [0.717, 1.165) is 5.69 Å². The normalized spacial score (nSPS) is 10.2. The van der Waals surface area contributed by atoms with E-state index in [1.165, 1.54) is 0 Å². The summed E-state index contributed by atoms with van der Waals surface area (Å²) in [6, 6.07) is 1.82. The predicted octanol–water partition coefficient (Wildman–Crippen LogP) is 1.72. The second-order valence-corrected chi connectivity index (χ2v) is 2.83. The lowest BCUT2D eigenvalue weighted by molar-refractivity contribution is 0.127. The molecule has 14 heavy (non-hydrogen) atoms. The molecule has 1 aromatic heterocycles. The lowest BCUT2D eigenvalue weighted by Gasteiger charge is -2.05. The number of rotatable bonds is 5. The van der Waals surface area contributed by atoms with Crippen LogP contribution < -0.4 is 4.74 Å². The molecule has 4 nitrogen and oxygen atoms in total. The summed E-state index contributed by atoms with van der Waals surface area (Å²) in [7, 11) is 0. The van der Waals surface area contributed by atoms with E-state index in [2.05, 4.69) is 9.97 Å². The maximum atomic E-state index is 5.30. The van der Waals surface area contributed by atoms with Crippen molar-refractivity contribution in [3.63, 3.8) is 0 Å². The molecule has 0 aliphatic rings. The third kappa shape index (κ3) is 3.30. The number of ether oxygens (including phenoxy) is 2. The van der Waals surface area contributed by atoms with Gasteiger partial charge in [-0.1, -0.05) is 0 Å². The summed E-state index contributed by atoms with van der Waals surface area (Å²) >= 11 is 0. The molecule has 0 spiro atoms. The average molecular weight is 196 g/mol. The fraction of sp³-hybridized carbons (Fsp3) is 0.600. The van der Waals surface area contributed by atoms with E-state index < -0.39 is 0 Å². The Morgan fingerprint density at radius 2 is 2.00 bits per heavy atom. The molecule has 0 amide bonds. The van der Waals surface area contributed by atoms with Crippen molar-refractivity contribution in [2.75, 3.05) is 13.2 Å². The lowest BCUT2D eigenvalue weighted by atomic mass is 10.4. The highest BCUT2D eigenvalue weighted by molar-refractivity contribution is 5.14. The van der Waals surface area contributed by atoms with Crippen LogP contribution >= 0.6 is 0 Å². The summed E-state index contributed by atoms with van der Waals surface area (Å²) in [5.74, 6) is 1.30. The van der Waals surface area contributed by atoms with Crippen LogP contribution in [0.3, 0.4) is 0 Å². The molecular formula is C10H16N2O2. The molecular weight excluding hydrogens is 180 g/mol. The second-order valence-electron chi connectivity index (χ2n) is 2.83. The minimum atomic E-state index is 0.443. The van der Waals surface area contributed by atoms with Gasteiger partial charge in [0.2, 0.25) is 5.88 Å². The number of aryl methyl sites for hydroxylation is 1. The molecule has 0 saturated heterocycles. The molecule has 1 rings (SSSR count). The van der Waals surface area contributed by atoms with Crippen molar-refractivity contribution in [2.24, 2.45) is 0 Å². The van der Waals surface area contributed by atoms with Crippen molar-refractivity contribution in [3.8, 4) is 5.88 Å². The van der Waals surface area contributed by atoms with Gasteiger partial charge in [0.25, 0.3) is 0 Å². The Morgan fingerprint density at radius 3 is 2.64 bits per heavy atom. The molecule has 0 saturated carbocycles. The maximum Gasteiger partial charge on any atom is 0.216 e. The summed E-state index contributed by atoms with van der Waals surface area (Å²) in [4.78, 5) is 8.44. The minimum absolute atomic E-state index is 0.443. The van der Waals surface area contributed by atoms with Crippen molar-refractivity contribution >= 4 is 0 Å². The summed E-state index contributed by atoms with van der Waals surface area (Å²) in [5, 5.41) is 0. The number of hydrogen-bond acceptors (Lipinski definition) is 4. The van der Waals surface area contributed by atoms with Gasteiger partial charge in [0.05, 0.1) is 6.61 Å². The molecule has 0 fully saturated rings. The Hall–Kier alpha value is -1.16. The van der Waals surface area contributed by atoms with Crippen LogP contribution in [0.5, 0.6) is 5.88 Å². The molecule has 0 aliphatic carbocycles. The van der Waals surface area contributed by atoms with Crippen molar-refractivity contribution in [1.82, 2.24) is 9.97 Å². The molecule has 4 heteroatoms. The van der Waals surface area contributed by atoms with E-state index in [0.29, 0.717) is 31.5 Å². The second kappa shape index (κ2) is 5.54. The molecule has 0 radical (unpaired) electrons. The van der Waals surface area contributed by atoms with Crippen LogP contribution in [0, 0.1) is 6.92 Å². The van der Waals surface area contributed by atoms with Crippen LogP contribution in [0.15, 0.2) is 6.07 Å². The third-order valence-corrected chi connectivity index (χ3v) is 1.60. The highest BCUT2D eigenvalue weighted by Gasteiger charge is 2.02. The van der Waals surface area contributed by atoms with E-state index in [1.807, 2.05) is 26.8 Å². The highest BCUT2D eigenvalue weighted by Crippen LogP contribution is 2.09. The first kappa shape index (κ1) is 10.9. The van der Waals surface area contributed by atoms with Crippen molar-refractivity contribution in [2.45, 2.75) is 27.4 Å². The van der Waals surface area contributed by atoms with Crippen molar-refractivity contribution in [1.29, 1.82) is 0 Å². The van der Waals surface area contributed by atoms with Crippen LogP contribution in [-0.2, 0) is 11.3 Å². The van der Waals surface area contributed by atoms with Gasteiger partial charge in [-0.3, -0.25) is 0 Å². The van der Waals surface area contributed by atoms with Crippen molar-refractivity contribution in [3.05, 3.63) is 17.6 Å². The van der Waals surface area contributed by atoms with Gasteiger partial charge in [-0.25, -0.2) is 4.98 Å². The van der Waals surface area contributed by atoms with E-state index in [-0.39, 0.29) is 0 Å². The van der Waals surface area contributed by atoms with E-state index in [9.17, 15) is 0 Å². The Kier molecular flexibility index (Phi) is 4.32. The van der Waals surface area contributed by atoms with Gasteiger partial charge in [-0.05, 0) is 20.8 Å². The Morgan fingerprint density at radius 1 is 1.21 bits per heavy atom. The van der Waals surface area contributed by atoms with Gasteiger partial charge in [0.1, 0.15) is 6.61 Å². The average Bonchev–Trinajstić information content (AvgIpc) is 2.14. The molecule has 1 heterocycles. The van der Waals surface area contributed by atoms with Gasteiger partial charge < -0.3 is 9.47 Å². The fourth-order valence-electron chi connectivity index (χ4n) is 1.08. The first-order valence-corrected chi connectivity index (χ1v) is 4.81. The Balaban J connectivity index is 2.73. The Labute approximate surface area is 84.3 Å². The molecule has 0 unspecified atom stereocenters. The van der Waals surface area contributed by atoms with Gasteiger partial charge >= 0.3 is 0 Å². The molecule has 0 aliphatic heterocycles. The van der Waals surface area contributed by atoms with Crippen molar-refractivity contribution < 1.29 is 9.47 Å². The minimum Gasteiger partial charge on any atom is -0.478 e. The van der Waals surface area contributed by atoms with Gasteiger partial charge in [0.15, 0.2) is 5.82 Å². The summed E-state index contributed by atoms with van der Waals surface area (Å²) in [6.07, 6.45) is 0. The van der Waals surface area contributed by atoms with Crippen LogP contribution in [0.2, 0.25) is 0 Å². The van der Waals surface area contributed by atoms with E-state index in [4.69, 9.17) is 9.47 Å². The van der Waals surface area contributed by atoms with E-state index >= 15 is 0 Å². The van der Waals surface area contributed by atoms with Gasteiger partial charge in [-0.15, -0.1) is 0 Å². The molecule has 0 atom stereocenters. The standard InChI is InChI=1S/C10H16N2O2/c1-4-13-7-9-11-8(3)6-10(12-9)14-5-2/h6H,4-5,7H2,1-3H3. The molecule has 78 valence electrons. The van der Waals surface area contributed by atoms with Crippen LogP contribution in [-0.4, -0.2) is 23.2 Å². The molecule has 0 N–H and O–H groups in total. The van der Waals surface area contributed by atoms with Crippen LogP contribution in [0.25, 0.3) is 0 Å². The van der Waals surface area contributed by atoms with Gasteiger partial charge in [0, 0.05) is 18.4 Å². The quantitative estimate of drug-likeness (QED) is 0.719. The first-order valence-electron chi connectivity index (χ1n) is 4.81.